The van der Waals surface area contributed by atoms with E-state index in [0.717, 1.165) is 27.9 Å². The summed E-state index contributed by atoms with van der Waals surface area (Å²) >= 11 is 0. The molecule has 256 valence electrons. The second-order valence-corrected chi connectivity index (χ2v) is 12.4. The van der Waals surface area contributed by atoms with E-state index >= 15 is 0 Å². The number of halogens is 3. The average molecular weight is 690 g/mol. The number of nitrogens with one attached hydrogen (secondary N) is 3. The molecule has 1 aliphatic heterocycles. The normalized spacial score (nSPS) is 14.5. The Kier molecular flexibility index (Phi) is 8.84. The summed E-state index contributed by atoms with van der Waals surface area (Å²) in [6, 6.07) is 27.4. The van der Waals surface area contributed by atoms with Crippen molar-refractivity contribution in [2.75, 3.05) is 18.4 Å². The Hall–Kier alpha value is -6.26. The Labute approximate surface area is 288 Å². The quantitative estimate of drug-likeness (QED) is 0.126. The number of rotatable bonds is 7. The zero-order valence-corrected chi connectivity index (χ0v) is 27.0. The number of hydrogen-bond acceptors (Lipinski definition) is 6. The summed E-state index contributed by atoms with van der Waals surface area (Å²) in [6.45, 7) is 2.13. The first kappa shape index (κ1) is 33.2. The molecule has 0 aliphatic carbocycles. The van der Waals surface area contributed by atoms with Crippen LogP contribution in [0.3, 0.4) is 0 Å². The van der Waals surface area contributed by atoms with Crippen LogP contribution in [0.2, 0.25) is 0 Å². The Morgan fingerprint density at radius 2 is 1.73 bits per heavy atom. The monoisotopic (exact) mass is 689 g/mol. The van der Waals surface area contributed by atoms with E-state index in [9.17, 15) is 27.6 Å². The molecule has 1 fully saturated rings. The van der Waals surface area contributed by atoms with Crippen LogP contribution in [0.4, 0.5) is 18.9 Å². The number of pyridine rings is 2. The first-order valence-electron chi connectivity index (χ1n) is 16.2. The number of fused-ring (bicyclic) bond motifs is 2. The topological polar surface area (TPSA) is 140 Å². The van der Waals surface area contributed by atoms with Crippen molar-refractivity contribution in [2.45, 2.75) is 31.6 Å². The minimum Gasteiger partial charge on any atom is -0.328 e. The number of anilines is 1. The Bertz CT molecular complexity index is 2450. The molecule has 0 unspecified atom stereocenters. The Balaban J connectivity index is 1.05. The number of piperidine rings is 1. The molecule has 7 rings (SSSR count). The van der Waals surface area contributed by atoms with E-state index in [0.29, 0.717) is 54.4 Å². The van der Waals surface area contributed by atoms with Crippen LogP contribution in [-0.2, 0) is 11.3 Å². The molecule has 3 N–H and O–H groups in total. The summed E-state index contributed by atoms with van der Waals surface area (Å²) in [4.78, 5) is 50.7. The van der Waals surface area contributed by atoms with Gasteiger partial charge in [0.1, 0.15) is 11.6 Å². The van der Waals surface area contributed by atoms with Gasteiger partial charge in [0.25, 0.3) is 11.5 Å². The smallest absolute Gasteiger partial charge is 0.328 e. The molecular formula is C38H30F3N7O3. The molecule has 1 saturated heterocycles. The van der Waals surface area contributed by atoms with Crippen LogP contribution in [0.15, 0.2) is 112 Å². The van der Waals surface area contributed by atoms with Gasteiger partial charge in [0.05, 0.1) is 27.6 Å². The molecule has 13 heteroatoms. The Morgan fingerprint density at radius 3 is 2.43 bits per heavy atom. The minimum atomic E-state index is -4.82. The maximum absolute atomic E-state index is 13.0. The summed E-state index contributed by atoms with van der Waals surface area (Å²) in [5, 5.41) is 11.9. The van der Waals surface area contributed by atoms with Crippen molar-refractivity contribution in [1.29, 1.82) is 5.26 Å². The molecule has 0 spiro atoms. The summed E-state index contributed by atoms with van der Waals surface area (Å²) in [7, 11) is 0. The number of nitriles is 1. The highest BCUT2D eigenvalue weighted by molar-refractivity contribution is 6.07. The fourth-order valence-corrected chi connectivity index (χ4v) is 6.60. The number of allylic oxidation sites excluding steroid dienone is 1. The minimum absolute atomic E-state index is 0.141. The maximum atomic E-state index is 13.0. The average Bonchev–Trinajstić information content (AvgIpc) is 3.45. The second-order valence-electron chi connectivity index (χ2n) is 12.4. The molecule has 0 radical (unpaired) electrons. The molecule has 3 aromatic carbocycles. The highest BCUT2D eigenvalue weighted by Crippen LogP contribution is 2.33. The van der Waals surface area contributed by atoms with Crippen LogP contribution in [0.25, 0.3) is 44.3 Å². The summed E-state index contributed by atoms with van der Waals surface area (Å²) < 4.78 is 39.9. The van der Waals surface area contributed by atoms with Gasteiger partial charge in [0, 0.05) is 54.8 Å². The highest BCUT2D eigenvalue weighted by atomic mass is 19.4. The number of imidazole rings is 1. The third-order valence-electron chi connectivity index (χ3n) is 9.04. The van der Waals surface area contributed by atoms with Crippen LogP contribution >= 0.6 is 0 Å². The molecule has 10 nitrogen and oxygen atoms in total. The van der Waals surface area contributed by atoms with Gasteiger partial charge >= 0.3 is 11.9 Å². The lowest BCUT2D eigenvalue weighted by molar-refractivity contribution is -0.113. The van der Waals surface area contributed by atoms with Gasteiger partial charge in [0.15, 0.2) is 0 Å². The lowest BCUT2D eigenvalue weighted by Crippen LogP contribution is -2.36. The third-order valence-corrected chi connectivity index (χ3v) is 9.04. The lowest BCUT2D eigenvalue weighted by atomic mass is 9.97. The highest BCUT2D eigenvalue weighted by Gasteiger charge is 2.28. The van der Waals surface area contributed by atoms with Gasteiger partial charge in [-0.25, -0.2) is 9.78 Å². The van der Waals surface area contributed by atoms with Crippen molar-refractivity contribution in [1.82, 2.24) is 24.4 Å². The first-order chi connectivity index (χ1) is 24.6. The summed E-state index contributed by atoms with van der Waals surface area (Å²) in [6.07, 6.45) is -2.22. The van der Waals surface area contributed by atoms with Gasteiger partial charge in [-0.05, 0) is 54.3 Å². The number of likely N-dealkylation sites (tertiary alicyclic amines) is 1. The van der Waals surface area contributed by atoms with Crippen molar-refractivity contribution >= 4 is 33.5 Å². The largest absolute Gasteiger partial charge is 0.411 e. The molecule has 3 aromatic heterocycles. The van der Waals surface area contributed by atoms with Crippen LogP contribution < -0.4 is 16.6 Å². The van der Waals surface area contributed by atoms with Gasteiger partial charge in [-0.1, -0.05) is 54.6 Å². The first-order valence-corrected chi connectivity index (χ1v) is 16.2. The molecule has 1 aliphatic rings. The SMILES string of the molecule is N#C/C(=C\C(F)(F)F)C(=O)Nc1ccc2[nH]c(=O)n(C3CCN(Cc4ccc(-c5nc6cc[nH]c(=O)c6cc5-c5ccccc5)cc4)CC3)c2c1. The zero-order chi connectivity index (χ0) is 35.7. The number of carbonyl (C=O) groups is 1. The number of aromatic nitrogens is 4. The molecule has 4 heterocycles. The number of carbonyl (C=O) groups excluding carboxylic acids is 1. The molecule has 0 atom stereocenters. The summed E-state index contributed by atoms with van der Waals surface area (Å²) in [5.74, 6) is -1.19. The third kappa shape index (κ3) is 7.08. The van der Waals surface area contributed by atoms with Crippen LogP contribution in [-0.4, -0.2) is 49.6 Å². The van der Waals surface area contributed by atoms with Crippen LogP contribution in [0.5, 0.6) is 0 Å². The fraction of sp³-hybridized carbons (Fsp3) is 0.184. The zero-order valence-electron chi connectivity index (χ0n) is 27.0. The molecule has 6 aromatic rings. The van der Waals surface area contributed by atoms with Gasteiger partial charge in [0.2, 0.25) is 0 Å². The van der Waals surface area contributed by atoms with Crippen molar-refractivity contribution < 1.29 is 18.0 Å². The predicted molar refractivity (Wildman–Crippen MR) is 188 cm³/mol. The number of alkyl halides is 3. The standard InChI is InChI=1S/C38H30F3N7O3/c39-38(40,41)20-26(21-42)35(49)44-27-10-11-32-33(18-27)48(37(51)46-32)28-13-16-47(17-14-28)22-23-6-8-25(9-7-23)34-29(24-4-2-1-3-5-24)19-30-31(45-34)12-15-43-36(30)50/h1-12,15,18-20,28H,13-14,16-17,22H2,(H,43,50)(H,44,49)(H,46,51)/b26-20+. The van der Waals surface area contributed by atoms with E-state index in [1.54, 1.807) is 22.9 Å². The molecule has 0 bridgehead atoms. The number of aromatic amines is 2. The van der Waals surface area contributed by atoms with E-state index < -0.39 is 17.7 Å². The van der Waals surface area contributed by atoms with Crippen LogP contribution in [0, 0.1) is 11.3 Å². The van der Waals surface area contributed by atoms with Gasteiger partial charge in [-0.2, -0.15) is 18.4 Å². The number of nitrogens with zero attached hydrogens (tertiary/aromatic N) is 4. The molecular weight excluding hydrogens is 659 g/mol. The molecule has 51 heavy (non-hydrogen) atoms. The fourth-order valence-electron chi connectivity index (χ4n) is 6.60. The van der Waals surface area contributed by atoms with Crippen molar-refractivity contribution in [3.63, 3.8) is 0 Å². The van der Waals surface area contributed by atoms with Gasteiger partial charge in [-0.15, -0.1) is 0 Å². The number of amides is 1. The van der Waals surface area contributed by atoms with Gasteiger partial charge in [-0.3, -0.25) is 19.1 Å². The number of hydrogen-bond donors (Lipinski definition) is 3. The van der Waals surface area contributed by atoms with Crippen molar-refractivity contribution in [2.24, 2.45) is 0 Å². The Morgan fingerprint density at radius 1 is 0.980 bits per heavy atom. The maximum Gasteiger partial charge on any atom is 0.411 e. The predicted octanol–water partition coefficient (Wildman–Crippen LogP) is 6.69. The number of benzene rings is 3. The molecule has 1 amide bonds. The molecule has 0 saturated carbocycles. The van der Waals surface area contributed by atoms with E-state index in [-0.39, 0.29) is 29.1 Å². The van der Waals surface area contributed by atoms with Crippen molar-refractivity contribution in [3.8, 4) is 28.5 Å². The second kappa shape index (κ2) is 13.6. The van der Waals surface area contributed by atoms with E-state index in [1.165, 1.54) is 18.2 Å². The van der Waals surface area contributed by atoms with E-state index in [1.807, 2.05) is 48.5 Å². The van der Waals surface area contributed by atoms with Gasteiger partial charge < -0.3 is 15.3 Å². The summed E-state index contributed by atoms with van der Waals surface area (Å²) in [5.41, 5.74) is 4.85. The van der Waals surface area contributed by atoms with Crippen molar-refractivity contribution in [3.05, 3.63) is 129 Å². The number of H-pyrrole nitrogens is 2. The van der Waals surface area contributed by atoms with E-state index in [2.05, 4.69) is 32.3 Å². The van der Waals surface area contributed by atoms with E-state index in [4.69, 9.17) is 10.2 Å². The van der Waals surface area contributed by atoms with Crippen LogP contribution in [0.1, 0.15) is 24.4 Å². The lowest BCUT2D eigenvalue weighted by Gasteiger charge is -2.32.